The van der Waals surface area contributed by atoms with E-state index in [-0.39, 0.29) is 12.1 Å². The summed E-state index contributed by atoms with van der Waals surface area (Å²) in [6, 6.07) is 1.46. The van der Waals surface area contributed by atoms with Crippen molar-refractivity contribution >= 4 is 11.9 Å². The van der Waals surface area contributed by atoms with Gasteiger partial charge < -0.3 is 14.6 Å². The Labute approximate surface area is 87.0 Å². The summed E-state index contributed by atoms with van der Waals surface area (Å²) in [7, 11) is 0. The van der Waals surface area contributed by atoms with E-state index in [1.165, 1.54) is 0 Å². The number of rotatable bonds is 2. The van der Waals surface area contributed by atoms with Crippen molar-refractivity contribution in [1.82, 2.24) is 10.5 Å². The normalized spacial score (nSPS) is 20.2. The first kappa shape index (κ1) is 9.97. The first-order valence-electron chi connectivity index (χ1n) is 4.82. The van der Waals surface area contributed by atoms with Gasteiger partial charge in [0.05, 0.1) is 18.3 Å². The molecule has 2 rings (SSSR count). The summed E-state index contributed by atoms with van der Waals surface area (Å²) in [4.78, 5) is 11.4. The summed E-state index contributed by atoms with van der Waals surface area (Å²) in [5, 5.41) is 8.99. The SMILES string of the molecule is Cc1cc(NC(=O)NC2CCOC2)on1. The van der Waals surface area contributed by atoms with Crippen LogP contribution in [0.25, 0.3) is 0 Å². The highest BCUT2D eigenvalue weighted by molar-refractivity contribution is 5.87. The van der Waals surface area contributed by atoms with Crippen LogP contribution in [0.5, 0.6) is 0 Å². The molecule has 0 radical (unpaired) electrons. The monoisotopic (exact) mass is 211 g/mol. The van der Waals surface area contributed by atoms with E-state index in [1.807, 2.05) is 0 Å². The van der Waals surface area contributed by atoms with Gasteiger partial charge in [-0.3, -0.25) is 5.32 Å². The molecule has 1 aromatic rings. The first-order chi connectivity index (χ1) is 7.24. The van der Waals surface area contributed by atoms with Crippen molar-refractivity contribution in [3.63, 3.8) is 0 Å². The van der Waals surface area contributed by atoms with E-state index < -0.39 is 0 Å². The molecular formula is C9H13N3O3. The maximum atomic E-state index is 11.4. The molecule has 1 aliphatic heterocycles. The molecule has 1 aliphatic rings. The van der Waals surface area contributed by atoms with Crippen LogP contribution in [0, 0.1) is 6.92 Å². The molecule has 0 aliphatic carbocycles. The number of aryl methyl sites for hydroxylation is 1. The van der Waals surface area contributed by atoms with Crippen LogP contribution in [0.3, 0.4) is 0 Å². The van der Waals surface area contributed by atoms with Gasteiger partial charge in [0.15, 0.2) is 0 Å². The highest BCUT2D eigenvalue weighted by Gasteiger charge is 2.18. The quantitative estimate of drug-likeness (QED) is 0.761. The van der Waals surface area contributed by atoms with Crippen molar-refractivity contribution < 1.29 is 14.1 Å². The summed E-state index contributed by atoms with van der Waals surface area (Å²) in [5.74, 6) is 0.351. The van der Waals surface area contributed by atoms with Crippen molar-refractivity contribution in [2.75, 3.05) is 18.5 Å². The minimum Gasteiger partial charge on any atom is -0.379 e. The molecule has 1 saturated heterocycles. The summed E-state index contributed by atoms with van der Waals surface area (Å²) in [6.45, 7) is 3.06. The van der Waals surface area contributed by atoms with Gasteiger partial charge in [-0.1, -0.05) is 5.16 Å². The van der Waals surface area contributed by atoms with Gasteiger partial charge in [0.25, 0.3) is 0 Å². The smallest absolute Gasteiger partial charge is 0.321 e. The lowest BCUT2D eigenvalue weighted by Gasteiger charge is -2.09. The van der Waals surface area contributed by atoms with E-state index in [9.17, 15) is 4.79 Å². The fourth-order valence-corrected chi connectivity index (χ4v) is 1.40. The molecule has 2 N–H and O–H groups in total. The molecule has 2 amide bonds. The van der Waals surface area contributed by atoms with Crippen molar-refractivity contribution in [2.45, 2.75) is 19.4 Å². The number of nitrogens with one attached hydrogen (secondary N) is 2. The third kappa shape index (κ3) is 2.69. The first-order valence-corrected chi connectivity index (χ1v) is 4.82. The standard InChI is InChI=1S/C9H13N3O3/c1-6-4-8(15-12-6)11-9(13)10-7-2-3-14-5-7/h4,7H,2-3,5H2,1H3,(H2,10,11,13). The maximum absolute atomic E-state index is 11.4. The number of nitrogens with zero attached hydrogens (tertiary/aromatic N) is 1. The summed E-state index contributed by atoms with van der Waals surface area (Å²) in [6.07, 6.45) is 0.850. The van der Waals surface area contributed by atoms with Crippen molar-refractivity contribution in [3.05, 3.63) is 11.8 Å². The topological polar surface area (TPSA) is 76.4 Å². The van der Waals surface area contributed by atoms with Gasteiger partial charge in [0, 0.05) is 12.7 Å². The predicted octanol–water partition coefficient (Wildman–Crippen LogP) is 0.893. The van der Waals surface area contributed by atoms with Crippen LogP contribution in [0.2, 0.25) is 0 Å². The molecule has 0 spiro atoms. The van der Waals surface area contributed by atoms with Crippen LogP contribution in [0.15, 0.2) is 10.6 Å². The highest BCUT2D eigenvalue weighted by Crippen LogP contribution is 2.08. The number of urea groups is 1. The molecule has 6 nitrogen and oxygen atoms in total. The van der Waals surface area contributed by atoms with E-state index in [4.69, 9.17) is 9.26 Å². The second kappa shape index (κ2) is 4.31. The van der Waals surface area contributed by atoms with Crippen molar-refractivity contribution in [2.24, 2.45) is 0 Å². The molecule has 6 heteroatoms. The van der Waals surface area contributed by atoms with Crippen LogP contribution in [-0.2, 0) is 4.74 Å². The molecule has 1 fully saturated rings. The van der Waals surface area contributed by atoms with E-state index in [2.05, 4.69) is 15.8 Å². The van der Waals surface area contributed by atoms with Crippen LogP contribution < -0.4 is 10.6 Å². The molecule has 0 aromatic carbocycles. The lowest BCUT2D eigenvalue weighted by molar-refractivity contribution is 0.189. The van der Waals surface area contributed by atoms with Gasteiger partial charge >= 0.3 is 6.03 Å². The van der Waals surface area contributed by atoms with Crippen molar-refractivity contribution in [1.29, 1.82) is 0 Å². The van der Waals surface area contributed by atoms with Crippen LogP contribution in [-0.4, -0.2) is 30.4 Å². The van der Waals surface area contributed by atoms with Crippen molar-refractivity contribution in [3.8, 4) is 0 Å². The molecule has 0 saturated carbocycles. The molecule has 0 bridgehead atoms. The zero-order valence-electron chi connectivity index (χ0n) is 8.45. The molecule has 82 valence electrons. The Morgan fingerprint density at radius 1 is 1.67 bits per heavy atom. The van der Waals surface area contributed by atoms with Gasteiger partial charge in [0.1, 0.15) is 0 Å². The minimum absolute atomic E-state index is 0.0917. The van der Waals surface area contributed by atoms with Crippen LogP contribution >= 0.6 is 0 Å². The molecular weight excluding hydrogens is 198 g/mol. The number of carbonyl (C=O) groups is 1. The van der Waals surface area contributed by atoms with Gasteiger partial charge in [-0.05, 0) is 13.3 Å². The zero-order valence-corrected chi connectivity index (χ0v) is 8.45. The lowest BCUT2D eigenvalue weighted by atomic mass is 10.3. The summed E-state index contributed by atoms with van der Waals surface area (Å²) >= 11 is 0. The third-order valence-electron chi connectivity index (χ3n) is 2.13. The second-order valence-electron chi connectivity index (χ2n) is 3.49. The molecule has 1 atom stereocenters. The van der Waals surface area contributed by atoms with E-state index in [0.717, 1.165) is 12.1 Å². The van der Waals surface area contributed by atoms with Crippen LogP contribution in [0.1, 0.15) is 12.1 Å². The minimum atomic E-state index is -0.290. The average Bonchev–Trinajstić information content (AvgIpc) is 2.77. The average molecular weight is 211 g/mol. The van der Waals surface area contributed by atoms with Gasteiger partial charge in [-0.25, -0.2) is 4.79 Å². The molecule has 2 heterocycles. The number of amides is 2. The van der Waals surface area contributed by atoms with Gasteiger partial charge in [-0.15, -0.1) is 0 Å². The number of anilines is 1. The number of ether oxygens (including phenoxy) is 1. The highest BCUT2D eigenvalue weighted by atomic mass is 16.5. The zero-order chi connectivity index (χ0) is 10.7. The van der Waals surface area contributed by atoms with E-state index in [0.29, 0.717) is 19.1 Å². The predicted molar refractivity (Wildman–Crippen MR) is 52.6 cm³/mol. The lowest BCUT2D eigenvalue weighted by Crippen LogP contribution is -2.38. The van der Waals surface area contributed by atoms with Gasteiger partial charge in [-0.2, -0.15) is 0 Å². The number of carbonyl (C=O) groups excluding carboxylic acids is 1. The summed E-state index contributed by atoms with van der Waals surface area (Å²) in [5.41, 5.74) is 0.731. The fraction of sp³-hybridized carbons (Fsp3) is 0.556. The largest absolute Gasteiger partial charge is 0.379 e. The van der Waals surface area contributed by atoms with Crippen LogP contribution in [0.4, 0.5) is 10.7 Å². The molecule has 1 unspecified atom stereocenters. The Hall–Kier alpha value is -1.56. The van der Waals surface area contributed by atoms with Gasteiger partial charge in [0.2, 0.25) is 5.88 Å². The Kier molecular flexibility index (Phi) is 2.86. The molecule has 1 aromatic heterocycles. The van der Waals surface area contributed by atoms with E-state index in [1.54, 1.807) is 13.0 Å². The van der Waals surface area contributed by atoms with E-state index >= 15 is 0 Å². The Bertz CT molecular complexity index is 344. The molecule has 15 heavy (non-hydrogen) atoms. The fourth-order valence-electron chi connectivity index (χ4n) is 1.40. The Morgan fingerprint density at radius 3 is 3.13 bits per heavy atom. The Morgan fingerprint density at radius 2 is 2.53 bits per heavy atom. The Balaban J connectivity index is 1.81. The number of aromatic nitrogens is 1. The number of hydrogen-bond donors (Lipinski definition) is 2. The maximum Gasteiger partial charge on any atom is 0.321 e. The number of hydrogen-bond acceptors (Lipinski definition) is 4. The third-order valence-corrected chi connectivity index (χ3v) is 2.13. The summed E-state index contributed by atoms with van der Waals surface area (Å²) < 4.78 is 9.98. The second-order valence-corrected chi connectivity index (χ2v) is 3.49.